The average molecular weight is 396 g/mol. The zero-order valence-electron chi connectivity index (χ0n) is 16.1. The second-order valence-electron chi connectivity index (χ2n) is 7.57. The van der Waals surface area contributed by atoms with Crippen molar-refractivity contribution in [1.29, 1.82) is 0 Å². The van der Waals surface area contributed by atoms with Crippen molar-refractivity contribution in [2.75, 3.05) is 0 Å². The van der Waals surface area contributed by atoms with Gasteiger partial charge in [-0.25, -0.2) is 4.79 Å². The maximum atomic E-state index is 13.3. The number of amides is 1. The normalized spacial score (nSPS) is 13.6. The van der Waals surface area contributed by atoms with Crippen molar-refractivity contribution in [1.82, 2.24) is 10.3 Å². The van der Waals surface area contributed by atoms with Crippen LogP contribution in [0, 0.1) is 0 Å². The number of carbonyl (C=O) groups is 2. The number of rotatable bonds is 5. The van der Waals surface area contributed by atoms with Gasteiger partial charge in [0.05, 0.1) is 5.92 Å². The molecule has 1 amide bonds. The lowest BCUT2D eigenvalue weighted by Crippen LogP contribution is -2.44. The van der Waals surface area contributed by atoms with Crippen molar-refractivity contribution in [2.45, 2.75) is 18.4 Å². The summed E-state index contributed by atoms with van der Waals surface area (Å²) in [7, 11) is 0. The lowest BCUT2D eigenvalue weighted by atomic mass is 9.95. The summed E-state index contributed by atoms with van der Waals surface area (Å²) in [5.41, 5.74) is 5.68. The van der Waals surface area contributed by atoms with Crippen LogP contribution in [0.4, 0.5) is 0 Å². The molecule has 0 unspecified atom stereocenters. The number of hydrogen-bond acceptors (Lipinski definition) is 2. The molecule has 0 spiro atoms. The van der Waals surface area contributed by atoms with Crippen LogP contribution in [0.15, 0.2) is 79.0 Å². The van der Waals surface area contributed by atoms with E-state index in [2.05, 4.69) is 10.3 Å². The number of aromatic nitrogens is 1. The van der Waals surface area contributed by atoms with Crippen LogP contribution in [0.5, 0.6) is 0 Å². The number of carboxylic acid groups (broad SMARTS) is 1. The second kappa shape index (κ2) is 7.19. The van der Waals surface area contributed by atoms with Crippen LogP contribution < -0.4 is 5.32 Å². The molecule has 1 aliphatic rings. The zero-order valence-corrected chi connectivity index (χ0v) is 16.1. The Bertz CT molecular complexity index is 1230. The molecule has 5 nitrogen and oxygen atoms in total. The van der Waals surface area contributed by atoms with Crippen LogP contribution in [-0.2, 0) is 16.0 Å². The number of nitrogens with one attached hydrogen (secondary N) is 2. The van der Waals surface area contributed by atoms with E-state index in [9.17, 15) is 14.7 Å². The Labute approximate surface area is 173 Å². The van der Waals surface area contributed by atoms with E-state index in [1.54, 1.807) is 0 Å². The molecule has 1 aromatic heterocycles. The van der Waals surface area contributed by atoms with E-state index in [4.69, 9.17) is 0 Å². The predicted molar refractivity (Wildman–Crippen MR) is 115 cm³/mol. The summed E-state index contributed by atoms with van der Waals surface area (Å²) in [6.45, 7) is 0. The third-order valence-electron chi connectivity index (χ3n) is 5.81. The largest absolute Gasteiger partial charge is 0.480 e. The summed E-state index contributed by atoms with van der Waals surface area (Å²) in [6.07, 6.45) is 2.02. The van der Waals surface area contributed by atoms with E-state index in [0.29, 0.717) is 0 Å². The minimum atomic E-state index is -1.05. The van der Waals surface area contributed by atoms with Gasteiger partial charge >= 0.3 is 5.97 Å². The highest BCUT2D eigenvalue weighted by Gasteiger charge is 2.35. The van der Waals surface area contributed by atoms with Gasteiger partial charge in [0.1, 0.15) is 6.04 Å². The molecule has 0 radical (unpaired) electrons. The Kier molecular flexibility index (Phi) is 4.36. The van der Waals surface area contributed by atoms with Crippen LogP contribution in [0.2, 0.25) is 0 Å². The number of carbonyl (C=O) groups excluding carboxylic acids is 1. The first-order valence-corrected chi connectivity index (χ1v) is 9.90. The van der Waals surface area contributed by atoms with Gasteiger partial charge in [0, 0.05) is 23.5 Å². The van der Waals surface area contributed by atoms with E-state index < -0.39 is 17.9 Å². The molecule has 148 valence electrons. The van der Waals surface area contributed by atoms with Crippen molar-refractivity contribution in [3.05, 3.63) is 95.7 Å². The topological polar surface area (TPSA) is 82.2 Å². The Morgan fingerprint density at radius 3 is 2.17 bits per heavy atom. The molecule has 3 aromatic carbocycles. The van der Waals surface area contributed by atoms with E-state index in [1.807, 2.05) is 79.0 Å². The molecule has 0 saturated carbocycles. The number of carboxylic acids is 1. The summed E-state index contributed by atoms with van der Waals surface area (Å²) in [4.78, 5) is 28.4. The van der Waals surface area contributed by atoms with E-state index in [-0.39, 0.29) is 12.3 Å². The van der Waals surface area contributed by atoms with Crippen molar-refractivity contribution in [2.24, 2.45) is 0 Å². The Hall–Kier alpha value is -3.86. The fraction of sp³-hybridized carbons (Fsp3) is 0.120. The van der Waals surface area contributed by atoms with E-state index in [0.717, 1.165) is 38.7 Å². The maximum absolute atomic E-state index is 13.3. The smallest absolute Gasteiger partial charge is 0.326 e. The van der Waals surface area contributed by atoms with E-state index >= 15 is 0 Å². The predicted octanol–water partition coefficient (Wildman–Crippen LogP) is 4.09. The van der Waals surface area contributed by atoms with Gasteiger partial charge < -0.3 is 15.4 Å². The monoisotopic (exact) mass is 396 g/mol. The minimum Gasteiger partial charge on any atom is -0.480 e. The highest BCUT2D eigenvalue weighted by atomic mass is 16.4. The Morgan fingerprint density at radius 1 is 0.900 bits per heavy atom. The summed E-state index contributed by atoms with van der Waals surface area (Å²) < 4.78 is 0. The third-order valence-corrected chi connectivity index (χ3v) is 5.81. The van der Waals surface area contributed by atoms with E-state index in [1.165, 1.54) is 0 Å². The zero-order chi connectivity index (χ0) is 20.7. The summed E-state index contributed by atoms with van der Waals surface area (Å²) in [6, 6.07) is 22.3. The molecule has 30 heavy (non-hydrogen) atoms. The quantitative estimate of drug-likeness (QED) is 0.475. The van der Waals surface area contributed by atoms with Crippen molar-refractivity contribution >= 4 is 22.8 Å². The van der Waals surface area contributed by atoms with Gasteiger partial charge in [-0.05, 0) is 33.9 Å². The number of aliphatic carboxylic acids is 1. The Balaban J connectivity index is 1.45. The molecule has 4 aromatic rings. The van der Waals surface area contributed by atoms with Gasteiger partial charge in [0.2, 0.25) is 5.91 Å². The first-order chi connectivity index (χ1) is 14.6. The molecule has 5 rings (SSSR count). The van der Waals surface area contributed by atoms with Gasteiger partial charge in [0.25, 0.3) is 0 Å². The average Bonchev–Trinajstić information content (AvgIpc) is 3.32. The molecule has 1 atom stereocenters. The first-order valence-electron chi connectivity index (χ1n) is 9.90. The number of H-pyrrole nitrogens is 1. The maximum Gasteiger partial charge on any atom is 0.326 e. The highest BCUT2D eigenvalue weighted by Crippen LogP contribution is 2.44. The van der Waals surface area contributed by atoms with Gasteiger partial charge in [-0.2, -0.15) is 0 Å². The summed E-state index contributed by atoms with van der Waals surface area (Å²) in [5, 5.41) is 13.6. The standard InChI is InChI=1S/C25H20N2O3/c28-24(23-19-10-3-1-8-17(19)18-9-2-4-11-20(18)23)27-22(25(29)30)13-15-14-26-21-12-6-5-7-16(15)21/h1-12,14,22-23,26H,13H2,(H,27,28)(H,29,30)/t22-/m1/s1. The van der Waals surface area contributed by atoms with Crippen molar-refractivity contribution in [3.8, 4) is 11.1 Å². The molecule has 3 N–H and O–H groups in total. The number of aromatic amines is 1. The number of benzene rings is 3. The SMILES string of the molecule is O=C(N[C@H](Cc1c[nH]c2ccccc12)C(=O)O)C1c2ccccc2-c2ccccc21. The van der Waals surface area contributed by atoms with Crippen LogP contribution in [0.1, 0.15) is 22.6 Å². The highest BCUT2D eigenvalue weighted by molar-refractivity contribution is 5.98. The van der Waals surface area contributed by atoms with Crippen LogP contribution in [0.25, 0.3) is 22.0 Å². The summed E-state index contributed by atoms with van der Waals surface area (Å²) in [5.74, 6) is -1.85. The molecule has 0 bridgehead atoms. The molecule has 0 saturated heterocycles. The molecule has 0 aliphatic heterocycles. The number of para-hydroxylation sites is 1. The fourth-order valence-electron chi connectivity index (χ4n) is 4.41. The Morgan fingerprint density at radius 2 is 1.50 bits per heavy atom. The number of hydrogen-bond donors (Lipinski definition) is 3. The lowest BCUT2D eigenvalue weighted by Gasteiger charge is -2.19. The van der Waals surface area contributed by atoms with Crippen LogP contribution in [-0.4, -0.2) is 28.0 Å². The van der Waals surface area contributed by atoms with Gasteiger partial charge in [-0.1, -0.05) is 66.7 Å². The molecule has 5 heteroatoms. The van der Waals surface area contributed by atoms with Gasteiger partial charge in [0.15, 0.2) is 0 Å². The van der Waals surface area contributed by atoms with Crippen LogP contribution in [0.3, 0.4) is 0 Å². The van der Waals surface area contributed by atoms with Gasteiger partial charge in [-0.3, -0.25) is 4.79 Å². The molecule has 1 aliphatic carbocycles. The van der Waals surface area contributed by atoms with Crippen molar-refractivity contribution in [3.63, 3.8) is 0 Å². The van der Waals surface area contributed by atoms with Crippen LogP contribution >= 0.6 is 0 Å². The summed E-state index contributed by atoms with van der Waals surface area (Å²) >= 11 is 0. The molecular formula is C25H20N2O3. The third kappa shape index (κ3) is 2.95. The molecular weight excluding hydrogens is 376 g/mol. The van der Waals surface area contributed by atoms with Crippen molar-refractivity contribution < 1.29 is 14.7 Å². The second-order valence-corrected chi connectivity index (χ2v) is 7.57. The number of fused-ring (bicyclic) bond motifs is 4. The molecule has 1 heterocycles. The lowest BCUT2D eigenvalue weighted by molar-refractivity contribution is -0.141. The molecule has 0 fully saturated rings. The minimum absolute atomic E-state index is 0.209. The van der Waals surface area contributed by atoms with Gasteiger partial charge in [-0.15, -0.1) is 0 Å². The first kappa shape index (κ1) is 18.2. The fourth-order valence-corrected chi connectivity index (χ4v) is 4.41.